The largest absolute Gasteiger partial charge is 0.326 e. The third kappa shape index (κ3) is 5.59. The molecule has 7 nitrogen and oxygen atoms in total. The van der Waals surface area contributed by atoms with Gasteiger partial charge in [-0.1, -0.05) is 24.8 Å². The molecule has 0 saturated carbocycles. The number of hydrogen-bond donors (Lipinski definition) is 3. The van der Waals surface area contributed by atoms with E-state index >= 15 is 0 Å². The number of anilines is 2. The van der Waals surface area contributed by atoms with Gasteiger partial charge in [0.2, 0.25) is 11.8 Å². The molecule has 1 heterocycles. The Morgan fingerprint density at radius 1 is 1.17 bits per heavy atom. The topological polar surface area (TPSA) is 104 Å². The lowest BCUT2D eigenvalue weighted by Crippen LogP contribution is -2.15. The van der Waals surface area contributed by atoms with Crippen LogP contribution >= 0.6 is 11.8 Å². The Morgan fingerprint density at radius 2 is 1.87 bits per heavy atom. The fourth-order valence-corrected chi connectivity index (χ4v) is 2.33. The van der Waals surface area contributed by atoms with Crippen molar-refractivity contribution in [1.82, 2.24) is 9.97 Å². The van der Waals surface area contributed by atoms with Crippen LogP contribution < -0.4 is 16.2 Å². The lowest BCUT2D eigenvalue weighted by atomic mass is 10.2. The van der Waals surface area contributed by atoms with E-state index in [2.05, 4.69) is 20.6 Å². The smallest absolute Gasteiger partial charge is 0.251 e. The summed E-state index contributed by atoms with van der Waals surface area (Å²) in [5.74, 6) is -0.220. The molecule has 2 amide bonds. The van der Waals surface area contributed by atoms with E-state index in [0.717, 1.165) is 11.8 Å². The van der Waals surface area contributed by atoms with Gasteiger partial charge in [0.15, 0.2) is 5.16 Å². The van der Waals surface area contributed by atoms with Gasteiger partial charge < -0.3 is 15.6 Å². The maximum Gasteiger partial charge on any atom is 0.251 e. The third-order valence-electron chi connectivity index (χ3n) is 2.74. The van der Waals surface area contributed by atoms with Crippen LogP contribution in [0.3, 0.4) is 0 Å². The molecule has 23 heavy (non-hydrogen) atoms. The molecular formula is C15H16N4O3S. The number of amides is 2. The number of aromatic amines is 1. The van der Waals surface area contributed by atoms with Crippen LogP contribution in [0.25, 0.3) is 0 Å². The minimum absolute atomic E-state index is 0.0943. The molecule has 2 rings (SSSR count). The molecule has 120 valence electrons. The lowest BCUT2D eigenvalue weighted by molar-refractivity contribution is -0.116. The molecule has 0 spiro atoms. The summed E-state index contributed by atoms with van der Waals surface area (Å²) in [5.41, 5.74) is 0.942. The second-order valence-corrected chi connectivity index (χ2v) is 5.52. The summed E-state index contributed by atoms with van der Waals surface area (Å²) in [6.07, 6.45) is 1.77. The predicted octanol–water partition coefficient (Wildman–Crippen LogP) is 1.85. The highest BCUT2D eigenvalue weighted by Crippen LogP contribution is 2.16. The molecule has 0 atom stereocenters. The molecule has 0 aliphatic carbocycles. The van der Waals surface area contributed by atoms with E-state index in [1.165, 1.54) is 12.3 Å². The minimum Gasteiger partial charge on any atom is -0.326 e. The van der Waals surface area contributed by atoms with E-state index in [4.69, 9.17) is 0 Å². The van der Waals surface area contributed by atoms with E-state index in [1.807, 2.05) is 0 Å². The minimum atomic E-state index is -0.262. The molecule has 8 heteroatoms. The molecule has 0 aliphatic heterocycles. The number of carbonyl (C=O) groups is 2. The predicted molar refractivity (Wildman–Crippen MR) is 89.6 cm³/mol. The van der Waals surface area contributed by atoms with Crippen LogP contribution in [0.5, 0.6) is 0 Å². The molecule has 0 unspecified atom stereocenters. The normalized spacial score (nSPS) is 10.1. The van der Waals surface area contributed by atoms with Crippen LogP contribution in [0, 0.1) is 0 Å². The summed E-state index contributed by atoms with van der Waals surface area (Å²) < 4.78 is 0. The molecule has 3 N–H and O–H groups in total. The van der Waals surface area contributed by atoms with Gasteiger partial charge in [-0.05, 0) is 18.2 Å². The SMILES string of the molecule is CCC(=O)Nc1cccc(NC(=O)CSc2nccc(=O)[nH]2)c1. The van der Waals surface area contributed by atoms with Crippen molar-refractivity contribution in [3.8, 4) is 0 Å². The molecule has 1 aromatic carbocycles. The Labute approximate surface area is 136 Å². The van der Waals surface area contributed by atoms with E-state index in [9.17, 15) is 14.4 Å². The first kappa shape index (κ1) is 16.8. The zero-order chi connectivity index (χ0) is 16.7. The Morgan fingerprint density at radius 3 is 2.52 bits per heavy atom. The molecule has 0 fully saturated rings. The van der Waals surface area contributed by atoms with Crippen molar-refractivity contribution < 1.29 is 9.59 Å². The maximum atomic E-state index is 11.9. The highest BCUT2D eigenvalue weighted by atomic mass is 32.2. The van der Waals surface area contributed by atoms with Gasteiger partial charge >= 0.3 is 0 Å². The zero-order valence-corrected chi connectivity index (χ0v) is 13.3. The molecule has 0 bridgehead atoms. The first-order valence-electron chi connectivity index (χ1n) is 6.94. The Kier molecular flexibility index (Phi) is 5.93. The number of hydrogen-bond acceptors (Lipinski definition) is 5. The summed E-state index contributed by atoms with van der Waals surface area (Å²) in [5, 5.41) is 5.84. The van der Waals surface area contributed by atoms with Gasteiger partial charge in [-0.3, -0.25) is 14.4 Å². The van der Waals surface area contributed by atoms with Crippen LogP contribution in [0.1, 0.15) is 13.3 Å². The number of rotatable bonds is 6. The summed E-state index contributed by atoms with van der Waals surface area (Å²) in [6, 6.07) is 8.20. The van der Waals surface area contributed by atoms with Gasteiger partial charge in [-0.15, -0.1) is 0 Å². The fraction of sp³-hybridized carbons (Fsp3) is 0.200. The van der Waals surface area contributed by atoms with Gasteiger partial charge in [0.25, 0.3) is 5.56 Å². The number of H-pyrrole nitrogens is 1. The van der Waals surface area contributed by atoms with Gasteiger partial charge in [-0.25, -0.2) is 4.98 Å². The maximum absolute atomic E-state index is 11.9. The third-order valence-corrected chi connectivity index (χ3v) is 3.63. The molecule has 1 aromatic heterocycles. The number of nitrogens with one attached hydrogen (secondary N) is 3. The van der Waals surface area contributed by atoms with Crippen molar-refractivity contribution in [2.75, 3.05) is 16.4 Å². The number of carbonyl (C=O) groups excluding carboxylic acids is 2. The van der Waals surface area contributed by atoms with Crippen molar-refractivity contribution >= 4 is 35.0 Å². The van der Waals surface area contributed by atoms with E-state index < -0.39 is 0 Å². The first-order valence-corrected chi connectivity index (χ1v) is 7.93. The summed E-state index contributed by atoms with van der Waals surface area (Å²) in [6.45, 7) is 1.76. The average Bonchev–Trinajstić information content (AvgIpc) is 2.53. The Balaban J connectivity index is 1.91. The van der Waals surface area contributed by atoms with E-state index in [0.29, 0.717) is 23.0 Å². The molecule has 2 aromatic rings. The number of thioether (sulfide) groups is 1. The van der Waals surface area contributed by atoms with Gasteiger partial charge in [0.05, 0.1) is 5.75 Å². The summed E-state index contributed by atoms with van der Waals surface area (Å²) in [7, 11) is 0. The summed E-state index contributed by atoms with van der Waals surface area (Å²) in [4.78, 5) is 40.9. The second kappa shape index (κ2) is 8.14. The van der Waals surface area contributed by atoms with Gasteiger partial charge in [-0.2, -0.15) is 0 Å². The monoisotopic (exact) mass is 332 g/mol. The van der Waals surface area contributed by atoms with Gasteiger partial charge in [0, 0.05) is 30.1 Å². The van der Waals surface area contributed by atoms with Crippen LogP contribution in [-0.4, -0.2) is 27.5 Å². The highest BCUT2D eigenvalue weighted by Gasteiger charge is 2.06. The molecule has 0 aliphatic rings. The number of aromatic nitrogens is 2. The van der Waals surface area contributed by atoms with Crippen LogP contribution in [0.15, 0.2) is 46.5 Å². The average molecular weight is 332 g/mol. The number of nitrogens with zero attached hydrogens (tertiary/aromatic N) is 1. The standard InChI is InChI=1S/C15H16N4O3S/c1-2-12(20)17-10-4-3-5-11(8-10)18-14(22)9-23-15-16-7-6-13(21)19-15/h3-8H,2,9H2,1H3,(H,17,20)(H,18,22)(H,16,19,21). The van der Waals surface area contributed by atoms with Crippen LogP contribution in [0.4, 0.5) is 11.4 Å². The highest BCUT2D eigenvalue weighted by molar-refractivity contribution is 7.99. The van der Waals surface area contributed by atoms with Crippen molar-refractivity contribution in [3.63, 3.8) is 0 Å². The van der Waals surface area contributed by atoms with Crippen LogP contribution in [-0.2, 0) is 9.59 Å². The first-order chi connectivity index (χ1) is 11.1. The fourth-order valence-electron chi connectivity index (χ4n) is 1.68. The van der Waals surface area contributed by atoms with Crippen molar-refractivity contribution in [2.45, 2.75) is 18.5 Å². The Hall–Kier alpha value is -2.61. The van der Waals surface area contributed by atoms with E-state index in [1.54, 1.807) is 31.2 Å². The lowest BCUT2D eigenvalue weighted by Gasteiger charge is -2.08. The van der Waals surface area contributed by atoms with Crippen molar-refractivity contribution in [1.29, 1.82) is 0 Å². The Bertz CT molecular complexity index is 760. The second-order valence-electron chi connectivity index (χ2n) is 4.56. The van der Waals surface area contributed by atoms with Crippen LogP contribution in [0.2, 0.25) is 0 Å². The van der Waals surface area contributed by atoms with Crippen molar-refractivity contribution in [3.05, 3.63) is 46.9 Å². The number of benzene rings is 1. The van der Waals surface area contributed by atoms with Crippen molar-refractivity contribution in [2.24, 2.45) is 0 Å². The molecule has 0 radical (unpaired) electrons. The zero-order valence-electron chi connectivity index (χ0n) is 12.5. The van der Waals surface area contributed by atoms with E-state index in [-0.39, 0.29) is 23.1 Å². The molecule has 0 saturated heterocycles. The summed E-state index contributed by atoms with van der Waals surface area (Å²) >= 11 is 1.13. The quantitative estimate of drug-likeness (QED) is 0.553. The molecular weight excluding hydrogens is 316 g/mol. The van der Waals surface area contributed by atoms with Gasteiger partial charge in [0.1, 0.15) is 0 Å².